The SMILES string of the molecule is CC(NC(=O)C1CC(=O)Nc2cc(F)ccc21)c1cc2cc(Cl)ccc2o1. The Kier molecular flexibility index (Phi) is 4.36. The maximum Gasteiger partial charge on any atom is 0.228 e. The lowest BCUT2D eigenvalue weighted by atomic mass is 9.89. The highest BCUT2D eigenvalue weighted by molar-refractivity contribution is 6.31. The zero-order valence-corrected chi connectivity index (χ0v) is 15.1. The summed E-state index contributed by atoms with van der Waals surface area (Å²) in [6.07, 6.45) is 0.00687. The standard InChI is InChI=1S/C20H16ClFN2O3/c1-10(18-7-11-6-12(21)2-5-17(11)27-18)23-20(26)15-9-19(25)24-16-8-13(22)3-4-14(15)16/h2-8,10,15H,9H2,1H3,(H,23,26)(H,24,25). The summed E-state index contributed by atoms with van der Waals surface area (Å²) in [7, 11) is 0. The van der Waals surface area contributed by atoms with E-state index in [9.17, 15) is 14.0 Å². The number of halogens is 2. The largest absolute Gasteiger partial charge is 0.459 e. The number of carbonyl (C=O) groups excluding carboxylic acids is 2. The van der Waals surface area contributed by atoms with Crippen LogP contribution in [0.1, 0.15) is 36.6 Å². The average molecular weight is 387 g/mol. The number of rotatable bonds is 3. The van der Waals surface area contributed by atoms with Crippen molar-refractivity contribution in [2.45, 2.75) is 25.3 Å². The molecule has 2 unspecified atom stereocenters. The minimum Gasteiger partial charge on any atom is -0.459 e. The van der Waals surface area contributed by atoms with E-state index in [-0.39, 0.29) is 18.2 Å². The lowest BCUT2D eigenvalue weighted by molar-refractivity contribution is -0.126. The Balaban J connectivity index is 1.57. The normalized spacial score (nSPS) is 17.3. The number of amides is 2. The zero-order chi connectivity index (χ0) is 19.1. The van der Waals surface area contributed by atoms with E-state index in [4.69, 9.17) is 16.0 Å². The van der Waals surface area contributed by atoms with E-state index in [1.165, 1.54) is 18.2 Å². The van der Waals surface area contributed by atoms with Crippen LogP contribution in [-0.4, -0.2) is 11.8 Å². The van der Waals surface area contributed by atoms with Crippen LogP contribution in [0.25, 0.3) is 11.0 Å². The van der Waals surface area contributed by atoms with E-state index in [1.807, 2.05) is 6.07 Å². The van der Waals surface area contributed by atoms with E-state index in [1.54, 1.807) is 25.1 Å². The van der Waals surface area contributed by atoms with Gasteiger partial charge in [0.15, 0.2) is 0 Å². The summed E-state index contributed by atoms with van der Waals surface area (Å²) in [5, 5.41) is 6.93. The Bertz CT molecular complexity index is 1060. The van der Waals surface area contributed by atoms with Gasteiger partial charge in [0.25, 0.3) is 0 Å². The molecule has 0 saturated heterocycles. The number of nitrogens with one attached hydrogen (secondary N) is 2. The van der Waals surface area contributed by atoms with Crippen molar-refractivity contribution in [1.29, 1.82) is 0 Å². The number of fused-ring (bicyclic) bond motifs is 2. The predicted octanol–water partition coefficient (Wildman–Crippen LogP) is 4.53. The van der Waals surface area contributed by atoms with Gasteiger partial charge in [0, 0.05) is 22.5 Å². The fraction of sp³-hybridized carbons (Fsp3) is 0.200. The van der Waals surface area contributed by atoms with Gasteiger partial charge >= 0.3 is 0 Å². The van der Waals surface area contributed by atoms with Gasteiger partial charge in [-0.25, -0.2) is 4.39 Å². The summed E-state index contributed by atoms with van der Waals surface area (Å²) < 4.78 is 19.2. The molecule has 0 bridgehead atoms. The molecule has 5 nitrogen and oxygen atoms in total. The second-order valence-electron chi connectivity index (χ2n) is 6.60. The lowest BCUT2D eigenvalue weighted by Crippen LogP contribution is -2.36. The van der Waals surface area contributed by atoms with Gasteiger partial charge in [-0.05, 0) is 48.9 Å². The molecule has 2 atom stereocenters. The number of carbonyl (C=O) groups is 2. The Hall–Kier alpha value is -2.86. The van der Waals surface area contributed by atoms with Gasteiger partial charge in [-0.3, -0.25) is 9.59 Å². The molecule has 0 radical (unpaired) electrons. The van der Waals surface area contributed by atoms with E-state index in [0.717, 1.165) is 5.39 Å². The molecule has 0 fully saturated rings. The maximum absolute atomic E-state index is 13.4. The van der Waals surface area contributed by atoms with Crippen LogP contribution in [0.2, 0.25) is 5.02 Å². The van der Waals surface area contributed by atoms with Crippen molar-refractivity contribution in [2.24, 2.45) is 0 Å². The Morgan fingerprint density at radius 1 is 1.30 bits per heavy atom. The van der Waals surface area contributed by atoms with Crippen molar-refractivity contribution >= 4 is 40.1 Å². The predicted molar refractivity (Wildman–Crippen MR) is 100 cm³/mol. The first-order chi connectivity index (χ1) is 12.9. The molecule has 2 heterocycles. The molecule has 4 rings (SSSR count). The number of benzene rings is 2. The minimum absolute atomic E-state index is 0.00687. The molecule has 1 aliphatic rings. The fourth-order valence-corrected chi connectivity index (χ4v) is 3.48. The molecule has 0 aliphatic carbocycles. The third-order valence-electron chi connectivity index (χ3n) is 4.65. The van der Waals surface area contributed by atoms with Crippen molar-refractivity contribution in [2.75, 3.05) is 5.32 Å². The van der Waals surface area contributed by atoms with Gasteiger partial charge in [-0.1, -0.05) is 17.7 Å². The zero-order valence-electron chi connectivity index (χ0n) is 14.4. The van der Waals surface area contributed by atoms with Crippen LogP contribution in [0, 0.1) is 5.82 Å². The molecule has 0 saturated carbocycles. The second-order valence-corrected chi connectivity index (χ2v) is 7.03. The van der Waals surface area contributed by atoms with Crippen LogP contribution >= 0.6 is 11.6 Å². The number of hydrogen-bond acceptors (Lipinski definition) is 3. The molecule has 2 aromatic carbocycles. The molecule has 0 spiro atoms. The highest BCUT2D eigenvalue weighted by Gasteiger charge is 2.32. The molecule has 2 N–H and O–H groups in total. The van der Waals surface area contributed by atoms with Crippen LogP contribution in [0.15, 0.2) is 46.9 Å². The van der Waals surface area contributed by atoms with Gasteiger partial charge < -0.3 is 15.1 Å². The van der Waals surface area contributed by atoms with Crippen LogP contribution in [0.5, 0.6) is 0 Å². The summed E-state index contributed by atoms with van der Waals surface area (Å²) in [4.78, 5) is 24.7. The first-order valence-corrected chi connectivity index (χ1v) is 8.87. The molecule has 2 amide bonds. The highest BCUT2D eigenvalue weighted by atomic mass is 35.5. The Labute approximate surface area is 159 Å². The summed E-state index contributed by atoms with van der Waals surface area (Å²) in [5.74, 6) is -1.21. The Morgan fingerprint density at radius 3 is 2.93 bits per heavy atom. The van der Waals surface area contributed by atoms with Crippen molar-refractivity contribution < 1.29 is 18.4 Å². The van der Waals surface area contributed by atoms with E-state index >= 15 is 0 Å². The summed E-state index contributed by atoms with van der Waals surface area (Å²) in [6, 6.07) is 10.7. The molecular formula is C20H16ClFN2O3. The topological polar surface area (TPSA) is 71.3 Å². The van der Waals surface area contributed by atoms with Gasteiger partial charge in [0.2, 0.25) is 11.8 Å². The van der Waals surface area contributed by atoms with Crippen LogP contribution in [0.3, 0.4) is 0 Å². The maximum atomic E-state index is 13.4. The highest BCUT2D eigenvalue weighted by Crippen LogP contribution is 2.34. The molecule has 7 heteroatoms. The summed E-state index contributed by atoms with van der Waals surface area (Å²) in [5.41, 5.74) is 1.60. The van der Waals surface area contributed by atoms with Crippen LogP contribution < -0.4 is 10.6 Å². The van der Waals surface area contributed by atoms with E-state index < -0.39 is 17.8 Å². The third kappa shape index (κ3) is 3.40. The minimum atomic E-state index is -0.685. The van der Waals surface area contributed by atoms with Gasteiger partial charge in [0.05, 0.1) is 12.0 Å². The van der Waals surface area contributed by atoms with Crippen molar-refractivity contribution in [3.8, 4) is 0 Å². The van der Waals surface area contributed by atoms with Crippen molar-refractivity contribution in [3.63, 3.8) is 0 Å². The molecule has 1 aromatic heterocycles. The molecular weight excluding hydrogens is 371 g/mol. The smallest absolute Gasteiger partial charge is 0.228 e. The fourth-order valence-electron chi connectivity index (χ4n) is 3.30. The van der Waals surface area contributed by atoms with E-state index in [2.05, 4.69) is 10.6 Å². The molecule has 3 aromatic rings. The molecule has 1 aliphatic heterocycles. The number of anilines is 1. The molecule has 27 heavy (non-hydrogen) atoms. The van der Waals surface area contributed by atoms with Crippen molar-refractivity contribution in [3.05, 3.63) is 64.6 Å². The van der Waals surface area contributed by atoms with Crippen LogP contribution in [0.4, 0.5) is 10.1 Å². The Morgan fingerprint density at radius 2 is 2.11 bits per heavy atom. The monoisotopic (exact) mass is 386 g/mol. The van der Waals surface area contributed by atoms with Gasteiger partial charge in [0.1, 0.15) is 17.2 Å². The van der Waals surface area contributed by atoms with Gasteiger partial charge in [-0.2, -0.15) is 0 Å². The first-order valence-electron chi connectivity index (χ1n) is 8.49. The quantitative estimate of drug-likeness (QED) is 0.694. The first kappa shape index (κ1) is 17.5. The summed E-state index contributed by atoms with van der Waals surface area (Å²) in [6.45, 7) is 1.80. The van der Waals surface area contributed by atoms with Crippen LogP contribution in [-0.2, 0) is 9.59 Å². The lowest BCUT2D eigenvalue weighted by Gasteiger charge is -2.26. The average Bonchev–Trinajstić information content (AvgIpc) is 3.03. The third-order valence-corrected chi connectivity index (χ3v) is 4.89. The van der Waals surface area contributed by atoms with Crippen molar-refractivity contribution in [1.82, 2.24) is 5.32 Å². The molecule has 138 valence electrons. The van der Waals surface area contributed by atoms with Gasteiger partial charge in [-0.15, -0.1) is 0 Å². The second kappa shape index (κ2) is 6.70. The number of hydrogen-bond donors (Lipinski definition) is 2. The van der Waals surface area contributed by atoms with E-state index in [0.29, 0.717) is 27.6 Å². The number of furan rings is 1. The summed E-state index contributed by atoms with van der Waals surface area (Å²) >= 11 is 5.99.